The van der Waals surface area contributed by atoms with Gasteiger partial charge >= 0.3 is 0 Å². The van der Waals surface area contributed by atoms with Crippen molar-refractivity contribution < 1.29 is 14.2 Å². The van der Waals surface area contributed by atoms with E-state index < -0.39 is 0 Å². The molecule has 1 unspecified atom stereocenters. The maximum absolute atomic E-state index is 6.23. The zero-order valence-electron chi connectivity index (χ0n) is 18.4. The van der Waals surface area contributed by atoms with Crippen LogP contribution < -0.4 is 10.1 Å². The highest BCUT2D eigenvalue weighted by Gasteiger charge is 2.32. The minimum Gasteiger partial charge on any atom is -0.492 e. The summed E-state index contributed by atoms with van der Waals surface area (Å²) in [5.41, 5.74) is 9.91. The van der Waals surface area contributed by atoms with Crippen molar-refractivity contribution in [1.29, 1.82) is 0 Å². The average Bonchev–Trinajstić information content (AvgIpc) is 3.49. The van der Waals surface area contributed by atoms with E-state index in [0.717, 1.165) is 17.9 Å². The van der Waals surface area contributed by atoms with Crippen LogP contribution >= 0.6 is 0 Å². The molecule has 0 bridgehead atoms. The molecular formula is C27H29NO3. The summed E-state index contributed by atoms with van der Waals surface area (Å²) >= 11 is 0. The number of rotatable bonds is 5. The van der Waals surface area contributed by atoms with Gasteiger partial charge in [0.25, 0.3) is 0 Å². The fourth-order valence-corrected chi connectivity index (χ4v) is 4.75. The van der Waals surface area contributed by atoms with Gasteiger partial charge in [0.2, 0.25) is 0 Å². The molecule has 0 aromatic heterocycles. The molecular weight excluding hydrogens is 386 g/mol. The van der Waals surface area contributed by atoms with Gasteiger partial charge in [0.05, 0.1) is 19.8 Å². The van der Waals surface area contributed by atoms with Crippen LogP contribution in [0, 0.1) is 20.8 Å². The first kappa shape index (κ1) is 20.1. The molecule has 3 aromatic carbocycles. The van der Waals surface area contributed by atoms with Crippen molar-refractivity contribution in [3.05, 3.63) is 93.5 Å². The number of hydrogen-bond donors (Lipinski definition) is 1. The molecule has 31 heavy (non-hydrogen) atoms. The van der Waals surface area contributed by atoms with E-state index in [9.17, 15) is 0 Å². The molecule has 0 saturated carbocycles. The lowest BCUT2D eigenvalue weighted by Gasteiger charge is -2.21. The Bertz CT molecular complexity index is 1070. The van der Waals surface area contributed by atoms with Gasteiger partial charge in [0.15, 0.2) is 6.29 Å². The van der Waals surface area contributed by atoms with E-state index >= 15 is 0 Å². The Kier molecular flexibility index (Phi) is 5.43. The molecule has 1 saturated heterocycles. The Morgan fingerprint density at radius 1 is 0.806 bits per heavy atom. The normalized spacial score (nSPS) is 18.1. The first-order valence-corrected chi connectivity index (χ1v) is 11.0. The van der Waals surface area contributed by atoms with Crippen LogP contribution in [0.4, 0.5) is 5.69 Å². The summed E-state index contributed by atoms with van der Waals surface area (Å²) in [5, 5.41) is 3.70. The first-order chi connectivity index (χ1) is 15.1. The van der Waals surface area contributed by atoms with Crippen LogP contribution in [0.1, 0.15) is 51.2 Å². The Morgan fingerprint density at radius 2 is 1.48 bits per heavy atom. The molecule has 3 aromatic rings. The second kappa shape index (κ2) is 8.37. The highest BCUT2D eigenvalue weighted by atomic mass is 16.7. The Labute approximate surface area is 184 Å². The molecule has 2 heterocycles. The van der Waals surface area contributed by atoms with Crippen LogP contribution in [0.3, 0.4) is 0 Å². The van der Waals surface area contributed by atoms with Crippen LogP contribution in [0.5, 0.6) is 5.75 Å². The molecule has 0 aliphatic carbocycles. The standard InChI is InChI=1S/C27H29NO3/c1-17-18(2)26-24(19(3)25(17)28-15-20-7-5-4-6-8-20)23(16-31-26)21-9-11-22(12-10-21)27-29-13-14-30-27/h4-12,23,27-28H,13-16H2,1-3H3. The minimum atomic E-state index is -0.235. The largest absolute Gasteiger partial charge is 0.492 e. The van der Waals surface area contributed by atoms with Gasteiger partial charge in [0.1, 0.15) is 5.75 Å². The summed E-state index contributed by atoms with van der Waals surface area (Å²) in [5.74, 6) is 1.28. The van der Waals surface area contributed by atoms with Gasteiger partial charge in [0, 0.05) is 29.3 Å². The van der Waals surface area contributed by atoms with Gasteiger partial charge in [-0.3, -0.25) is 0 Å². The SMILES string of the molecule is Cc1c(C)c2c(c(C)c1NCc1ccccc1)C(c1ccc(C3OCCO3)cc1)CO2. The molecule has 1 N–H and O–H groups in total. The van der Waals surface area contributed by atoms with Crippen molar-refractivity contribution in [1.82, 2.24) is 0 Å². The van der Waals surface area contributed by atoms with Crippen LogP contribution in [-0.4, -0.2) is 19.8 Å². The fraction of sp³-hybridized carbons (Fsp3) is 0.333. The lowest BCUT2D eigenvalue weighted by atomic mass is 9.86. The molecule has 2 aliphatic heterocycles. The number of fused-ring (bicyclic) bond motifs is 1. The van der Waals surface area contributed by atoms with Crippen molar-refractivity contribution in [2.24, 2.45) is 0 Å². The van der Waals surface area contributed by atoms with E-state index in [4.69, 9.17) is 14.2 Å². The van der Waals surface area contributed by atoms with Crippen molar-refractivity contribution in [2.45, 2.75) is 39.5 Å². The fourth-order valence-electron chi connectivity index (χ4n) is 4.75. The Morgan fingerprint density at radius 3 is 2.19 bits per heavy atom. The molecule has 4 nitrogen and oxygen atoms in total. The smallest absolute Gasteiger partial charge is 0.184 e. The van der Waals surface area contributed by atoms with Crippen LogP contribution in [0.15, 0.2) is 54.6 Å². The quantitative estimate of drug-likeness (QED) is 0.572. The summed E-state index contributed by atoms with van der Waals surface area (Å²) in [6.45, 7) is 9.37. The van der Waals surface area contributed by atoms with Gasteiger partial charge in [-0.05, 0) is 48.6 Å². The molecule has 160 valence electrons. The van der Waals surface area contributed by atoms with E-state index in [1.807, 2.05) is 0 Å². The van der Waals surface area contributed by atoms with E-state index in [1.165, 1.54) is 39.1 Å². The van der Waals surface area contributed by atoms with Gasteiger partial charge in [-0.25, -0.2) is 0 Å². The highest BCUT2D eigenvalue weighted by Crippen LogP contribution is 2.47. The predicted octanol–water partition coefficient (Wildman–Crippen LogP) is 5.79. The first-order valence-electron chi connectivity index (χ1n) is 11.0. The number of nitrogens with one attached hydrogen (secondary N) is 1. The van der Waals surface area contributed by atoms with Crippen LogP contribution in [0.2, 0.25) is 0 Å². The predicted molar refractivity (Wildman–Crippen MR) is 123 cm³/mol. The lowest BCUT2D eigenvalue weighted by molar-refractivity contribution is -0.0441. The summed E-state index contributed by atoms with van der Waals surface area (Å²) in [7, 11) is 0. The number of anilines is 1. The third-order valence-electron chi connectivity index (χ3n) is 6.59. The number of benzene rings is 3. The summed E-state index contributed by atoms with van der Waals surface area (Å²) in [4.78, 5) is 0. The third kappa shape index (κ3) is 3.71. The molecule has 1 fully saturated rings. The van der Waals surface area contributed by atoms with Gasteiger partial charge in [-0.1, -0.05) is 54.6 Å². The summed E-state index contributed by atoms with van der Waals surface area (Å²) in [6.07, 6.45) is -0.235. The second-order valence-electron chi connectivity index (χ2n) is 8.44. The van der Waals surface area contributed by atoms with Crippen LogP contribution in [-0.2, 0) is 16.0 Å². The maximum Gasteiger partial charge on any atom is 0.184 e. The van der Waals surface area contributed by atoms with E-state index in [-0.39, 0.29) is 12.2 Å². The van der Waals surface area contributed by atoms with E-state index in [0.29, 0.717) is 19.8 Å². The molecule has 2 aliphatic rings. The van der Waals surface area contributed by atoms with Gasteiger partial charge in [-0.2, -0.15) is 0 Å². The average molecular weight is 416 g/mol. The number of hydrogen-bond acceptors (Lipinski definition) is 4. The Hall–Kier alpha value is -2.82. The Balaban J connectivity index is 1.46. The third-order valence-corrected chi connectivity index (χ3v) is 6.59. The van der Waals surface area contributed by atoms with Gasteiger partial charge < -0.3 is 19.5 Å². The number of ether oxygens (including phenoxy) is 3. The summed E-state index contributed by atoms with van der Waals surface area (Å²) in [6, 6.07) is 19.1. The monoisotopic (exact) mass is 415 g/mol. The van der Waals surface area contributed by atoms with Crippen LogP contribution in [0.25, 0.3) is 0 Å². The molecule has 0 amide bonds. The zero-order valence-corrected chi connectivity index (χ0v) is 18.4. The topological polar surface area (TPSA) is 39.7 Å². The molecule has 4 heteroatoms. The lowest BCUT2D eigenvalue weighted by Crippen LogP contribution is -2.08. The summed E-state index contributed by atoms with van der Waals surface area (Å²) < 4.78 is 17.5. The van der Waals surface area contributed by atoms with E-state index in [1.54, 1.807) is 0 Å². The second-order valence-corrected chi connectivity index (χ2v) is 8.44. The van der Waals surface area contributed by atoms with Crippen molar-refractivity contribution in [2.75, 3.05) is 25.1 Å². The zero-order chi connectivity index (χ0) is 21.4. The molecule has 1 atom stereocenters. The van der Waals surface area contributed by atoms with Crippen molar-refractivity contribution in [3.63, 3.8) is 0 Å². The molecule has 0 radical (unpaired) electrons. The van der Waals surface area contributed by atoms with Crippen molar-refractivity contribution in [3.8, 4) is 5.75 Å². The molecule has 0 spiro atoms. The van der Waals surface area contributed by atoms with Gasteiger partial charge in [-0.15, -0.1) is 0 Å². The van der Waals surface area contributed by atoms with Crippen molar-refractivity contribution >= 4 is 5.69 Å². The minimum absolute atomic E-state index is 0.228. The maximum atomic E-state index is 6.23. The highest BCUT2D eigenvalue weighted by molar-refractivity contribution is 5.70. The molecule has 5 rings (SSSR count). The van der Waals surface area contributed by atoms with E-state index in [2.05, 4.69) is 80.7 Å².